The molecule has 0 bridgehead atoms. The van der Waals surface area contributed by atoms with Gasteiger partial charge in [0.25, 0.3) is 0 Å². The zero-order valence-electron chi connectivity index (χ0n) is 12.9. The molecule has 1 heterocycles. The highest BCUT2D eigenvalue weighted by molar-refractivity contribution is 9.10. The number of nitrogens with one attached hydrogen (secondary N) is 1. The summed E-state index contributed by atoms with van der Waals surface area (Å²) >= 11 is 3.42. The Balaban J connectivity index is 1.78. The molecule has 1 aromatic heterocycles. The fraction of sp³-hybridized carbons (Fsp3) is 0.0556. The maximum absolute atomic E-state index is 9.27. The Kier molecular flexibility index (Phi) is 4.86. The van der Waals surface area contributed by atoms with Crippen LogP contribution in [0.2, 0.25) is 0 Å². The first-order valence-electron chi connectivity index (χ1n) is 7.30. The van der Waals surface area contributed by atoms with Crippen molar-refractivity contribution in [2.24, 2.45) is 5.10 Å². The third-order valence-electron chi connectivity index (χ3n) is 3.24. The zero-order valence-corrected chi connectivity index (χ0v) is 14.5. The molecule has 2 aromatic carbocycles. The van der Waals surface area contributed by atoms with Crippen LogP contribution < -0.4 is 5.43 Å². The lowest BCUT2D eigenvalue weighted by Gasteiger charge is -2.05. The number of aromatic nitrogens is 2. The highest BCUT2D eigenvalue weighted by Gasteiger charge is 2.04. The molecule has 5 nitrogen and oxygen atoms in total. The van der Waals surface area contributed by atoms with Crippen molar-refractivity contribution in [3.05, 3.63) is 70.3 Å². The van der Waals surface area contributed by atoms with Crippen LogP contribution in [0.25, 0.3) is 11.4 Å². The van der Waals surface area contributed by atoms with Crippen molar-refractivity contribution in [1.29, 1.82) is 0 Å². The van der Waals surface area contributed by atoms with Crippen molar-refractivity contribution in [3.63, 3.8) is 0 Å². The largest absolute Gasteiger partial charge is 0.508 e. The average Bonchev–Trinajstić information content (AvgIpc) is 2.57. The summed E-state index contributed by atoms with van der Waals surface area (Å²) in [6.45, 7) is 1.92. The lowest BCUT2D eigenvalue weighted by Crippen LogP contribution is -1.99. The van der Waals surface area contributed by atoms with E-state index in [0.717, 1.165) is 21.3 Å². The molecule has 0 radical (unpaired) electrons. The van der Waals surface area contributed by atoms with Crippen LogP contribution in [0, 0.1) is 6.92 Å². The monoisotopic (exact) mass is 382 g/mol. The van der Waals surface area contributed by atoms with Crippen LogP contribution in [-0.4, -0.2) is 21.3 Å². The SMILES string of the molecule is Cc1cc(NN=Cc2ccc(O)cc2)nc(-c2ccc(Br)cc2)n1. The molecule has 24 heavy (non-hydrogen) atoms. The fourth-order valence-electron chi connectivity index (χ4n) is 2.09. The molecular weight excluding hydrogens is 368 g/mol. The van der Waals surface area contributed by atoms with Gasteiger partial charge in [-0.2, -0.15) is 5.10 Å². The van der Waals surface area contributed by atoms with E-state index in [0.29, 0.717) is 11.6 Å². The van der Waals surface area contributed by atoms with E-state index in [1.165, 1.54) is 0 Å². The van der Waals surface area contributed by atoms with Crippen LogP contribution >= 0.6 is 15.9 Å². The van der Waals surface area contributed by atoms with E-state index in [1.807, 2.05) is 37.3 Å². The predicted molar refractivity (Wildman–Crippen MR) is 99.2 cm³/mol. The lowest BCUT2D eigenvalue weighted by atomic mass is 10.2. The quantitative estimate of drug-likeness (QED) is 0.519. The maximum Gasteiger partial charge on any atom is 0.161 e. The van der Waals surface area contributed by atoms with Gasteiger partial charge in [0.05, 0.1) is 6.21 Å². The van der Waals surface area contributed by atoms with Crippen LogP contribution in [-0.2, 0) is 0 Å². The van der Waals surface area contributed by atoms with Crippen LogP contribution in [0.15, 0.2) is 64.2 Å². The first-order valence-corrected chi connectivity index (χ1v) is 8.09. The van der Waals surface area contributed by atoms with Crippen molar-refractivity contribution in [3.8, 4) is 17.1 Å². The molecule has 0 atom stereocenters. The third kappa shape index (κ3) is 4.17. The molecule has 120 valence electrons. The van der Waals surface area contributed by atoms with E-state index in [1.54, 1.807) is 30.5 Å². The summed E-state index contributed by atoms with van der Waals surface area (Å²) in [5.74, 6) is 1.49. The summed E-state index contributed by atoms with van der Waals surface area (Å²) in [5.41, 5.74) is 5.58. The zero-order chi connectivity index (χ0) is 16.9. The van der Waals surface area contributed by atoms with Crippen molar-refractivity contribution in [2.75, 3.05) is 5.43 Å². The van der Waals surface area contributed by atoms with Gasteiger partial charge in [-0.05, 0) is 48.9 Å². The lowest BCUT2D eigenvalue weighted by molar-refractivity contribution is 0.475. The second kappa shape index (κ2) is 7.23. The Hall–Kier alpha value is -2.73. The van der Waals surface area contributed by atoms with Gasteiger partial charge in [0.1, 0.15) is 5.75 Å². The summed E-state index contributed by atoms with van der Waals surface area (Å²) in [4.78, 5) is 8.95. The Morgan fingerprint density at radius 2 is 1.75 bits per heavy atom. The van der Waals surface area contributed by atoms with Crippen molar-refractivity contribution >= 4 is 28.0 Å². The van der Waals surface area contributed by atoms with Crippen LogP contribution in [0.5, 0.6) is 5.75 Å². The minimum atomic E-state index is 0.227. The predicted octanol–water partition coefficient (Wildman–Crippen LogP) is 4.37. The normalized spacial score (nSPS) is 10.9. The Labute approximate surface area is 148 Å². The van der Waals surface area contributed by atoms with Gasteiger partial charge in [0, 0.05) is 21.8 Å². The van der Waals surface area contributed by atoms with Gasteiger partial charge in [-0.15, -0.1) is 0 Å². The number of anilines is 1. The molecule has 0 fully saturated rings. The minimum absolute atomic E-state index is 0.227. The highest BCUT2D eigenvalue weighted by atomic mass is 79.9. The van der Waals surface area contributed by atoms with Gasteiger partial charge < -0.3 is 5.11 Å². The molecule has 0 saturated heterocycles. The van der Waals surface area contributed by atoms with Gasteiger partial charge in [-0.3, -0.25) is 5.43 Å². The average molecular weight is 383 g/mol. The molecule has 6 heteroatoms. The van der Waals surface area contributed by atoms with Gasteiger partial charge in [0.2, 0.25) is 0 Å². The van der Waals surface area contributed by atoms with E-state index >= 15 is 0 Å². The smallest absolute Gasteiger partial charge is 0.161 e. The number of hydrogen-bond donors (Lipinski definition) is 2. The Morgan fingerprint density at radius 1 is 1.04 bits per heavy atom. The Bertz CT molecular complexity index is 861. The standard InChI is InChI=1S/C18H15BrN4O/c1-12-10-17(23-20-11-13-2-8-16(24)9-3-13)22-18(21-12)14-4-6-15(19)7-5-14/h2-11,24H,1H3,(H,21,22,23). The molecule has 0 spiro atoms. The van der Waals surface area contributed by atoms with Crippen molar-refractivity contribution < 1.29 is 5.11 Å². The fourth-order valence-corrected chi connectivity index (χ4v) is 2.35. The molecule has 0 aliphatic rings. The van der Waals surface area contributed by atoms with Crippen molar-refractivity contribution in [2.45, 2.75) is 6.92 Å². The molecule has 0 saturated carbocycles. The van der Waals surface area contributed by atoms with E-state index in [-0.39, 0.29) is 5.75 Å². The summed E-state index contributed by atoms with van der Waals surface area (Å²) in [7, 11) is 0. The number of hydrogen-bond acceptors (Lipinski definition) is 5. The van der Waals surface area contributed by atoms with Crippen LogP contribution in [0.1, 0.15) is 11.3 Å². The summed E-state index contributed by atoms with van der Waals surface area (Å²) in [6, 6.07) is 16.4. The Morgan fingerprint density at radius 3 is 2.46 bits per heavy atom. The highest BCUT2D eigenvalue weighted by Crippen LogP contribution is 2.20. The molecule has 0 aliphatic carbocycles. The minimum Gasteiger partial charge on any atom is -0.508 e. The second-order valence-corrected chi connectivity index (χ2v) is 6.10. The first kappa shape index (κ1) is 16.1. The van der Waals surface area contributed by atoms with Gasteiger partial charge in [0.15, 0.2) is 11.6 Å². The summed E-state index contributed by atoms with van der Waals surface area (Å²) in [5, 5.41) is 13.4. The van der Waals surface area contributed by atoms with Gasteiger partial charge in [-0.1, -0.05) is 28.1 Å². The number of phenols is 1. The molecule has 2 N–H and O–H groups in total. The molecule has 3 rings (SSSR count). The number of aryl methyl sites for hydroxylation is 1. The van der Waals surface area contributed by atoms with E-state index in [9.17, 15) is 5.11 Å². The van der Waals surface area contributed by atoms with Gasteiger partial charge in [-0.25, -0.2) is 9.97 Å². The summed E-state index contributed by atoms with van der Waals surface area (Å²) in [6.07, 6.45) is 1.66. The van der Waals surface area contributed by atoms with Crippen LogP contribution in [0.3, 0.4) is 0 Å². The number of phenolic OH excluding ortho intramolecular Hbond substituents is 1. The number of aromatic hydroxyl groups is 1. The van der Waals surface area contributed by atoms with E-state index in [4.69, 9.17) is 0 Å². The number of nitrogens with zero attached hydrogens (tertiary/aromatic N) is 3. The molecule has 3 aromatic rings. The summed E-state index contributed by atoms with van der Waals surface area (Å²) < 4.78 is 1.01. The molecule has 0 aliphatic heterocycles. The van der Waals surface area contributed by atoms with Crippen molar-refractivity contribution in [1.82, 2.24) is 9.97 Å². The third-order valence-corrected chi connectivity index (χ3v) is 3.77. The van der Waals surface area contributed by atoms with Crippen LogP contribution in [0.4, 0.5) is 5.82 Å². The number of halogens is 1. The number of hydrazone groups is 1. The molecule has 0 amide bonds. The number of rotatable bonds is 4. The molecule has 0 unspecified atom stereocenters. The second-order valence-electron chi connectivity index (χ2n) is 5.19. The first-order chi connectivity index (χ1) is 11.6. The van der Waals surface area contributed by atoms with E-state index in [2.05, 4.69) is 36.4 Å². The maximum atomic E-state index is 9.27. The number of benzene rings is 2. The topological polar surface area (TPSA) is 70.4 Å². The molecular formula is C18H15BrN4O. The van der Waals surface area contributed by atoms with Gasteiger partial charge >= 0.3 is 0 Å². The van der Waals surface area contributed by atoms with E-state index < -0.39 is 0 Å².